The summed E-state index contributed by atoms with van der Waals surface area (Å²) < 4.78 is 17.0. The predicted molar refractivity (Wildman–Crippen MR) is 122 cm³/mol. The van der Waals surface area contributed by atoms with Crippen molar-refractivity contribution in [1.29, 1.82) is 0 Å². The van der Waals surface area contributed by atoms with E-state index >= 15 is 0 Å². The van der Waals surface area contributed by atoms with Crippen LogP contribution in [0.15, 0.2) is 52.3 Å². The second-order valence-corrected chi connectivity index (χ2v) is 9.50. The normalized spacial score (nSPS) is 19.7. The minimum absolute atomic E-state index is 0.259. The molecule has 3 rings (SSSR count). The number of para-hydroxylation sites is 2. The van der Waals surface area contributed by atoms with Crippen molar-refractivity contribution in [2.45, 2.75) is 42.7 Å². The van der Waals surface area contributed by atoms with Crippen LogP contribution in [-0.2, 0) is 4.74 Å². The summed E-state index contributed by atoms with van der Waals surface area (Å²) in [5.41, 5.74) is 7.56. The Kier molecular flexibility index (Phi) is 8.60. The number of methoxy groups -OCH3 is 1. The Balaban J connectivity index is 1.61. The van der Waals surface area contributed by atoms with E-state index in [-0.39, 0.29) is 13.0 Å². The largest absolute Gasteiger partial charge is 0.474 e. The third-order valence-corrected chi connectivity index (χ3v) is 7.73. The Hall–Kier alpha value is -1.34. The molecule has 1 heterocycles. The van der Waals surface area contributed by atoms with E-state index in [2.05, 4.69) is 44.2 Å². The van der Waals surface area contributed by atoms with E-state index in [1.807, 2.05) is 35.7 Å². The molecule has 0 saturated heterocycles. The molecule has 1 unspecified atom stereocenters. The van der Waals surface area contributed by atoms with Crippen molar-refractivity contribution in [1.82, 2.24) is 0 Å². The summed E-state index contributed by atoms with van der Waals surface area (Å²) in [5, 5.41) is 0. The Morgan fingerprint density at radius 3 is 2.86 bits per heavy atom. The van der Waals surface area contributed by atoms with Crippen molar-refractivity contribution >= 4 is 23.5 Å². The maximum absolute atomic E-state index is 6.43. The minimum atomic E-state index is -0.259. The molecule has 0 bridgehead atoms. The molecule has 0 saturated carbocycles. The molecule has 4 nitrogen and oxygen atoms in total. The molecule has 0 radical (unpaired) electrons. The maximum Gasteiger partial charge on any atom is 0.188 e. The van der Waals surface area contributed by atoms with Crippen molar-refractivity contribution in [3.63, 3.8) is 0 Å². The van der Waals surface area contributed by atoms with Crippen LogP contribution in [0.25, 0.3) is 0 Å². The average Bonchev–Trinajstić information content (AvgIpc) is 2.88. The molecule has 2 aromatic rings. The van der Waals surface area contributed by atoms with E-state index in [1.165, 1.54) is 9.79 Å². The number of aryl methyl sites for hydroxylation is 1. The summed E-state index contributed by atoms with van der Waals surface area (Å²) in [5.74, 6) is 4.76. The molecule has 1 aliphatic heterocycles. The third-order valence-electron chi connectivity index (χ3n) is 5.21. The van der Waals surface area contributed by atoms with Crippen molar-refractivity contribution < 1.29 is 14.2 Å². The number of rotatable bonds is 9. The zero-order valence-electron chi connectivity index (χ0n) is 17.4. The highest BCUT2D eigenvalue weighted by molar-refractivity contribution is 7.99. The lowest BCUT2D eigenvalue weighted by Crippen LogP contribution is -2.37. The van der Waals surface area contributed by atoms with Crippen LogP contribution < -0.4 is 15.2 Å². The average molecular weight is 434 g/mol. The molecular formula is C23H31NO3S2. The molecule has 3 atom stereocenters. The van der Waals surface area contributed by atoms with E-state index in [4.69, 9.17) is 19.9 Å². The molecule has 158 valence electrons. The molecule has 2 aromatic carbocycles. The van der Waals surface area contributed by atoms with Gasteiger partial charge in [0.1, 0.15) is 11.5 Å². The van der Waals surface area contributed by atoms with Gasteiger partial charge in [-0.3, -0.25) is 5.73 Å². The number of nitrogens with two attached hydrogens (primary N) is 1. The molecule has 29 heavy (non-hydrogen) atoms. The van der Waals surface area contributed by atoms with Crippen molar-refractivity contribution in [2.75, 3.05) is 25.4 Å². The molecule has 2 N–H and O–H groups in total. The zero-order valence-corrected chi connectivity index (χ0v) is 19.1. The Morgan fingerprint density at radius 2 is 2.07 bits per heavy atom. The summed E-state index contributed by atoms with van der Waals surface area (Å²) in [6.07, 6.45) is 1.92. The van der Waals surface area contributed by atoms with Crippen LogP contribution in [-0.4, -0.2) is 31.6 Å². The molecule has 6 heteroatoms. The van der Waals surface area contributed by atoms with Gasteiger partial charge < -0.3 is 14.2 Å². The fourth-order valence-electron chi connectivity index (χ4n) is 3.43. The Morgan fingerprint density at radius 1 is 1.24 bits per heavy atom. The topological polar surface area (TPSA) is 53.7 Å². The van der Waals surface area contributed by atoms with Gasteiger partial charge in [-0.15, -0.1) is 23.5 Å². The molecule has 0 spiro atoms. The van der Waals surface area contributed by atoms with E-state index in [1.54, 1.807) is 7.11 Å². The van der Waals surface area contributed by atoms with Crippen LogP contribution in [0.5, 0.6) is 11.5 Å². The SMILES string of the molecule is CC[C@H](CSc1cccc(C)c1OCOC)C[C@H]1CSc2ccccc2OC1N. The monoisotopic (exact) mass is 433 g/mol. The number of fused-ring (bicyclic) bond motifs is 1. The lowest BCUT2D eigenvalue weighted by atomic mass is 9.94. The quantitative estimate of drug-likeness (QED) is 0.412. The molecule has 0 aromatic heterocycles. The lowest BCUT2D eigenvalue weighted by molar-refractivity contribution is 0.0486. The van der Waals surface area contributed by atoms with Crippen LogP contribution in [0.4, 0.5) is 0 Å². The first-order valence-corrected chi connectivity index (χ1v) is 12.1. The van der Waals surface area contributed by atoms with Crippen LogP contribution in [0.2, 0.25) is 0 Å². The van der Waals surface area contributed by atoms with Crippen molar-refractivity contribution in [3.8, 4) is 11.5 Å². The first-order valence-electron chi connectivity index (χ1n) is 10.1. The van der Waals surface area contributed by atoms with Crippen LogP contribution >= 0.6 is 23.5 Å². The second-order valence-electron chi connectivity index (χ2n) is 7.37. The van der Waals surface area contributed by atoms with Crippen molar-refractivity contribution in [2.24, 2.45) is 17.6 Å². The lowest BCUT2D eigenvalue weighted by Gasteiger charge is -2.25. The molecular weight excluding hydrogens is 402 g/mol. The van der Waals surface area contributed by atoms with Gasteiger partial charge in [-0.05, 0) is 43.0 Å². The number of thioether (sulfide) groups is 2. The standard InChI is InChI=1S/C23H31NO3S2/c1-4-17(13-28-21-11-7-8-16(2)22(21)26-15-25-3)12-18-14-29-20-10-6-5-9-19(20)27-23(18)24/h5-11,17-18,23H,4,12-15,24H2,1-3H3/t17-,18-,23?/m0/s1. The highest BCUT2D eigenvalue weighted by Gasteiger charge is 2.27. The summed E-state index contributed by atoms with van der Waals surface area (Å²) in [6.45, 7) is 4.60. The predicted octanol–water partition coefficient (Wildman–Crippen LogP) is 5.57. The van der Waals surface area contributed by atoms with Gasteiger partial charge in [0.15, 0.2) is 13.0 Å². The summed E-state index contributed by atoms with van der Waals surface area (Å²) in [4.78, 5) is 2.36. The highest BCUT2D eigenvalue weighted by atomic mass is 32.2. The van der Waals surface area contributed by atoms with E-state index in [0.717, 1.165) is 41.4 Å². The number of benzene rings is 2. The Labute approximate surface area is 182 Å². The van der Waals surface area contributed by atoms with Crippen molar-refractivity contribution in [3.05, 3.63) is 48.0 Å². The van der Waals surface area contributed by atoms with Gasteiger partial charge in [0.25, 0.3) is 0 Å². The summed E-state index contributed by atoms with van der Waals surface area (Å²) >= 11 is 3.71. The summed E-state index contributed by atoms with van der Waals surface area (Å²) in [6, 6.07) is 14.5. The number of hydrogen-bond donors (Lipinski definition) is 1. The molecule has 0 fully saturated rings. The summed E-state index contributed by atoms with van der Waals surface area (Å²) in [7, 11) is 1.65. The van der Waals surface area contributed by atoms with Gasteiger partial charge in [0.2, 0.25) is 0 Å². The van der Waals surface area contributed by atoms with Gasteiger partial charge in [0, 0.05) is 34.3 Å². The van der Waals surface area contributed by atoms with Crippen LogP contribution in [0, 0.1) is 18.8 Å². The molecule has 0 amide bonds. The van der Waals surface area contributed by atoms with E-state index in [0.29, 0.717) is 11.8 Å². The molecule has 0 aliphatic carbocycles. The fourth-order valence-corrected chi connectivity index (χ4v) is 5.90. The van der Waals surface area contributed by atoms with E-state index in [9.17, 15) is 0 Å². The van der Waals surface area contributed by atoms with Crippen LogP contribution in [0.1, 0.15) is 25.3 Å². The highest BCUT2D eigenvalue weighted by Crippen LogP contribution is 2.39. The van der Waals surface area contributed by atoms with Gasteiger partial charge in [-0.1, -0.05) is 37.6 Å². The van der Waals surface area contributed by atoms with Crippen LogP contribution in [0.3, 0.4) is 0 Å². The van der Waals surface area contributed by atoms with Gasteiger partial charge in [-0.25, -0.2) is 0 Å². The first kappa shape index (κ1) is 22.3. The minimum Gasteiger partial charge on any atom is -0.474 e. The second kappa shape index (κ2) is 11.2. The number of hydrogen-bond acceptors (Lipinski definition) is 6. The van der Waals surface area contributed by atoms with Gasteiger partial charge >= 0.3 is 0 Å². The van der Waals surface area contributed by atoms with Gasteiger partial charge in [0.05, 0.1) is 0 Å². The fraction of sp³-hybridized carbons (Fsp3) is 0.478. The Bertz CT molecular complexity index is 786. The number of ether oxygens (including phenoxy) is 3. The maximum atomic E-state index is 6.43. The van der Waals surface area contributed by atoms with E-state index < -0.39 is 0 Å². The first-order chi connectivity index (χ1) is 14.1. The van der Waals surface area contributed by atoms with Gasteiger partial charge in [-0.2, -0.15) is 0 Å². The third kappa shape index (κ3) is 6.07. The smallest absolute Gasteiger partial charge is 0.188 e. The zero-order chi connectivity index (χ0) is 20.6. The molecule has 1 aliphatic rings.